The average Bonchev–Trinajstić information content (AvgIpc) is 2.41. The van der Waals surface area contributed by atoms with Crippen molar-refractivity contribution in [3.05, 3.63) is 64.1 Å². The number of nitrogens with two attached hydrogens (primary N) is 1. The van der Waals surface area contributed by atoms with Crippen LogP contribution in [0.4, 0.5) is 5.69 Å². The maximum atomic E-state index is 11.8. The third kappa shape index (κ3) is 4.10. The summed E-state index contributed by atoms with van der Waals surface area (Å²) in [6, 6.07) is 15.3. The fraction of sp³-hybridized carbons (Fsp3) is 0.133. The summed E-state index contributed by atoms with van der Waals surface area (Å²) < 4.78 is 1.03. The second-order valence-electron chi connectivity index (χ2n) is 4.28. The number of carbonyl (C=O) groups excluding carboxylic acids is 1. The molecule has 0 aromatic heterocycles. The molecular weight excluding hydrogens is 304 g/mol. The van der Waals surface area contributed by atoms with Gasteiger partial charge in [0.25, 0.3) is 0 Å². The minimum Gasteiger partial charge on any atom is -0.398 e. The molecule has 0 saturated heterocycles. The molecule has 3 nitrogen and oxygen atoms in total. The monoisotopic (exact) mass is 318 g/mol. The van der Waals surface area contributed by atoms with Crippen LogP contribution in [-0.2, 0) is 17.8 Å². The molecule has 98 valence electrons. The zero-order valence-corrected chi connectivity index (χ0v) is 12.0. The summed E-state index contributed by atoms with van der Waals surface area (Å²) in [6.45, 7) is 0.527. The minimum atomic E-state index is -0.0270. The van der Waals surface area contributed by atoms with Crippen LogP contribution in [0.3, 0.4) is 0 Å². The van der Waals surface area contributed by atoms with E-state index in [4.69, 9.17) is 5.73 Å². The third-order valence-corrected chi connectivity index (χ3v) is 3.34. The molecule has 2 aromatic rings. The molecular formula is C15H15BrN2O. The Morgan fingerprint density at radius 1 is 1.11 bits per heavy atom. The third-order valence-electron chi connectivity index (χ3n) is 2.81. The van der Waals surface area contributed by atoms with Gasteiger partial charge in [-0.25, -0.2) is 0 Å². The number of hydrogen-bond acceptors (Lipinski definition) is 2. The van der Waals surface area contributed by atoms with Crippen molar-refractivity contribution in [2.24, 2.45) is 0 Å². The summed E-state index contributed by atoms with van der Waals surface area (Å²) in [7, 11) is 0. The number of nitrogens with one attached hydrogen (secondary N) is 1. The molecule has 0 radical (unpaired) electrons. The van der Waals surface area contributed by atoms with Crippen molar-refractivity contribution in [1.29, 1.82) is 0 Å². The number of para-hydroxylation sites is 1. The van der Waals surface area contributed by atoms with Gasteiger partial charge in [0.05, 0.1) is 6.42 Å². The first kappa shape index (κ1) is 13.6. The largest absolute Gasteiger partial charge is 0.398 e. The number of nitrogen functional groups attached to an aromatic ring is 1. The van der Waals surface area contributed by atoms with Gasteiger partial charge in [0.15, 0.2) is 0 Å². The summed E-state index contributed by atoms with van der Waals surface area (Å²) in [6.07, 6.45) is 0.309. The van der Waals surface area contributed by atoms with Crippen molar-refractivity contribution in [3.63, 3.8) is 0 Å². The van der Waals surface area contributed by atoms with Gasteiger partial charge in [0.2, 0.25) is 5.91 Å². The SMILES string of the molecule is Nc1ccccc1CC(=O)NCc1ccc(Br)cc1. The van der Waals surface area contributed by atoms with Gasteiger partial charge in [0.1, 0.15) is 0 Å². The Balaban J connectivity index is 1.88. The van der Waals surface area contributed by atoms with Gasteiger partial charge in [-0.05, 0) is 29.3 Å². The van der Waals surface area contributed by atoms with Gasteiger partial charge in [-0.1, -0.05) is 46.3 Å². The van der Waals surface area contributed by atoms with Crippen LogP contribution in [0.2, 0.25) is 0 Å². The zero-order chi connectivity index (χ0) is 13.7. The second kappa shape index (κ2) is 6.38. The van der Waals surface area contributed by atoms with E-state index in [9.17, 15) is 4.79 Å². The lowest BCUT2D eigenvalue weighted by molar-refractivity contribution is -0.120. The van der Waals surface area contributed by atoms with Crippen molar-refractivity contribution in [2.45, 2.75) is 13.0 Å². The van der Waals surface area contributed by atoms with Crippen LogP contribution >= 0.6 is 15.9 Å². The normalized spacial score (nSPS) is 10.2. The highest BCUT2D eigenvalue weighted by atomic mass is 79.9. The molecule has 0 saturated carbocycles. The van der Waals surface area contributed by atoms with E-state index in [2.05, 4.69) is 21.2 Å². The van der Waals surface area contributed by atoms with Gasteiger partial charge in [0, 0.05) is 16.7 Å². The van der Waals surface area contributed by atoms with E-state index in [1.165, 1.54) is 0 Å². The number of rotatable bonds is 4. The lowest BCUT2D eigenvalue weighted by Crippen LogP contribution is -2.24. The molecule has 2 aromatic carbocycles. The molecule has 1 amide bonds. The lowest BCUT2D eigenvalue weighted by Gasteiger charge is -2.07. The van der Waals surface area contributed by atoms with E-state index in [0.29, 0.717) is 18.7 Å². The number of anilines is 1. The van der Waals surface area contributed by atoms with Crippen molar-refractivity contribution >= 4 is 27.5 Å². The topological polar surface area (TPSA) is 55.1 Å². The van der Waals surface area contributed by atoms with Crippen LogP contribution < -0.4 is 11.1 Å². The predicted octanol–water partition coefficient (Wildman–Crippen LogP) is 2.89. The minimum absolute atomic E-state index is 0.0270. The standard InChI is InChI=1S/C15H15BrN2O/c16-13-7-5-11(6-8-13)10-18-15(19)9-12-3-1-2-4-14(12)17/h1-8H,9-10,17H2,(H,18,19). The van der Waals surface area contributed by atoms with Crippen molar-refractivity contribution < 1.29 is 4.79 Å². The molecule has 2 rings (SSSR count). The van der Waals surface area contributed by atoms with Gasteiger partial charge < -0.3 is 11.1 Å². The molecule has 0 bridgehead atoms. The highest BCUT2D eigenvalue weighted by molar-refractivity contribution is 9.10. The van der Waals surface area contributed by atoms with Crippen molar-refractivity contribution in [2.75, 3.05) is 5.73 Å². The summed E-state index contributed by atoms with van der Waals surface area (Å²) in [5.74, 6) is -0.0270. The molecule has 0 atom stereocenters. The molecule has 0 aliphatic carbocycles. The smallest absolute Gasteiger partial charge is 0.224 e. The number of halogens is 1. The van der Waals surface area contributed by atoms with E-state index in [0.717, 1.165) is 15.6 Å². The van der Waals surface area contributed by atoms with Gasteiger partial charge in [-0.15, -0.1) is 0 Å². The summed E-state index contributed by atoms with van der Waals surface area (Å²) in [4.78, 5) is 11.8. The zero-order valence-electron chi connectivity index (χ0n) is 10.4. The van der Waals surface area contributed by atoms with E-state index in [1.54, 1.807) is 6.07 Å². The summed E-state index contributed by atoms with van der Waals surface area (Å²) in [5.41, 5.74) is 8.39. The predicted molar refractivity (Wildman–Crippen MR) is 80.5 cm³/mol. The Bertz CT molecular complexity index is 567. The highest BCUT2D eigenvalue weighted by Crippen LogP contribution is 2.12. The van der Waals surface area contributed by atoms with Crippen molar-refractivity contribution in [1.82, 2.24) is 5.32 Å². The lowest BCUT2D eigenvalue weighted by atomic mass is 10.1. The fourth-order valence-corrected chi connectivity index (χ4v) is 2.00. The molecule has 0 unspecified atom stereocenters. The Morgan fingerprint density at radius 3 is 2.47 bits per heavy atom. The van der Waals surface area contributed by atoms with Crippen molar-refractivity contribution in [3.8, 4) is 0 Å². The molecule has 19 heavy (non-hydrogen) atoms. The average molecular weight is 319 g/mol. The Labute approximate surface area is 121 Å². The number of hydrogen-bond donors (Lipinski definition) is 2. The van der Waals surface area contributed by atoms with Crippen LogP contribution in [-0.4, -0.2) is 5.91 Å². The van der Waals surface area contributed by atoms with Crippen LogP contribution in [0.5, 0.6) is 0 Å². The van der Waals surface area contributed by atoms with Crippen LogP contribution in [0.25, 0.3) is 0 Å². The van der Waals surface area contributed by atoms with E-state index >= 15 is 0 Å². The van der Waals surface area contributed by atoms with Gasteiger partial charge in [-0.3, -0.25) is 4.79 Å². The maximum Gasteiger partial charge on any atom is 0.224 e. The fourth-order valence-electron chi connectivity index (χ4n) is 1.73. The van der Waals surface area contributed by atoms with Gasteiger partial charge in [-0.2, -0.15) is 0 Å². The van der Waals surface area contributed by atoms with Crippen LogP contribution in [0, 0.1) is 0 Å². The Morgan fingerprint density at radius 2 is 1.79 bits per heavy atom. The molecule has 0 heterocycles. The number of amides is 1. The molecule has 0 spiro atoms. The second-order valence-corrected chi connectivity index (χ2v) is 5.19. The van der Waals surface area contributed by atoms with E-state index < -0.39 is 0 Å². The number of carbonyl (C=O) groups is 1. The first-order chi connectivity index (χ1) is 9.15. The molecule has 0 fully saturated rings. The molecule has 3 N–H and O–H groups in total. The van der Waals surface area contributed by atoms with Gasteiger partial charge >= 0.3 is 0 Å². The van der Waals surface area contributed by atoms with E-state index in [-0.39, 0.29) is 5.91 Å². The highest BCUT2D eigenvalue weighted by Gasteiger charge is 2.05. The molecule has 4 heteroatoms. The first-order valence-electron chi connectivity index (χ1n) is 5.99. The Kier molecular flexibility index (Phi) is 4.58. The molecule has 0 aliphatic rings. The summed E-state index contributed by atoms with van der Waals surface area (Å²) >= 11 is 3.38. The maximum absolute atomic E-state index is 11.8. The Hall–Kier alpha value is -1.81. The number of benzene rings is 2. The summed E-state index contributed by atoms with van der Waals surface area (Å²) in [5, 5.41) is 2.88. The van der Waals surface area contributed by atoms with Crippen LogP contribution in [0.15, 0.2) is 53.0 Å². The van der Waals surface area contributed by atoms with E-state index in [1.807, 2.05) is 42.5 Å². The first-order valence-corrected chi connectivity index (χ1v) is 6.79. The van der Waals surface area contributed by atoms with Crippen LogP contribution in [0.1, 0.15) is 11.1 Å². The molecule has 0 aliphatic heterocycles. The quantitative estimate of drug-likeness (QED) is 0.852.